The fourth-order valence-corrected chi connectivity index (χ4v) is 3.27. The van der Waals surface area contributed by atoms with Gasteiger partial charge in [0.05, 0.1) is 19.3 Å². The van der Waals surface area contributed by atoms with E-state index in [0.717, 1.165) is 38.0 Å². The molecular formula is C20H25N3O2. The fourth-order valence-electron chi connectivity index (χ4n) is 3.27. The van der Waals surface area contributed by atoms with Gasteiger partial charge in [-0.15, -0.1) is 0 Å². The SMILES string of the molecule is COc1cccc(C(=O)N(Cc2ccccn2)[C@H]2CCCNCC2)c1. The van der Waals surface area contributed by atoms with Crippen molar-refractivity contribution in [2.75, 3.05) is 20.2 Å². The van der Waals surface area contributed by atoms with Crippen molar-refractivity contribution < 1.29 is 9.53 Å². The van der Waals surface area contributed by atoms with Gasteiger partial charge in [0.25, 0.3) is 5.91 Å². The van der Waals surface area contributed by atoms with Crippen LogP contribution in [0.4, 0.5) is 0 Å². The zero-order chi connectivity index (χ0) is 17.5. The van der Waals surface area contributed by atoms with Gasteiger partial charge in [-0.25, -0.2) is 0 Å². The lowest BCUT2D eigenvalue weighted by Gasteiger charge is -2.31. The zero-order valence-corrected chi connectivity index (χ0v) is 14.6. The summed E-state index contributed by atoms with van der Waals surface area (Å²) < 4.78 is 5.28. The van der Waals surface area contributed by atoms with Crippen LogP contribution >= 0.6 is 0 Å². The first-order valence-corrected chi connectivity index (χ1v) is 8.83. The summed E-state index contributed by atoms with van der Waals surface area (Å²) in [4.78, 5) is 19.6. The third-order valence-corrected chi connectivity index (χ3v) is 4.62. The summed E-state index contributed by atoms with van der Waals surface area (Å²) in [5, 5.41) is 3.42. The molecule has 1 aromatic carbocycles. The summed E-state index contributed by atoms with van der Waals surface area (Å²) in [6.45, 7) is 2.48. The van der Waals surface area contributed by atoms with E-state index < -0.39 is 0 Å². The van der Waals surface area contributed by atoms with Gasteiger partial charge in [-0.1, -0.05) is 12.1 Å². The lowest BCUT2D eigenvalue weighted by Crippen LogP contribution is -2.40. The molecule has 2 aromatic rings. The smallest absolute Gasteiger partial charge is 0.254 e. The molecule has 25 heavy (non-hydrogen) atoms. The number of amides is 1. The summed E-state index contributed by atoms with van der Waals surface area (Å²) >= 11 is 0. The minimum atomic E-state index is 0.0384. The first-order valence-electron chi connectivity index (χ1n) is 8.83. The number of hydrogen-bond acceptors (Lipinski definition) is 4. The summed E-state index contributed by atoms with van der Waals surface area (Å²) in [7, 11) is 1.62. The van der Waals surface area contributed by atoms with E-state index in [0.29, 0.717) is 17.9 Å². The highest BCUT2D eigenvalue weighted by atomic mass is 16.5. The number of carbonyl (C=O) groups excluding carboxylic acids is 1. The standard InChI is InChI=1S/C20H25N3O2/c1-25-19-9-4-6-16(14-19)20(24)23(15-17-7-2-3-12-22-17)18-8-5-11-21-13-10-18/h2-4,6-7,9,12,14,18,21H,5,8,10-11,13,15H2,1H3/t18-/m0/s1. The number of aromatic nitrogens is 1. The molecule has 5 nitrogen and oxygen atoms in total. The second kappa shape index (κ2) is 8.62. The zero-order valence-electron chi connectivity index (χ0n) is 14.6. The molecule has 1 saturated heterocycles. The van der Waals surface area contributed by atoms with Gasteiger partial charge >= 0.3 is 0 Å². The third-order valence-electron chi connectivity index (χ3n) is 4.62. The molecule has 0 radical (unpaired) electrons. The van der Waals surface area contributed by atoms with E-state index in [2.05, 4.69) is 10.3 Å². The van der Waals surface area contributed by atoms with Crippen molar-refractivity contribution >= 4 is 5.91 Å². The maximum Gasteiger partial charge on any atom is 0.254 e. The second-order valence-corrected chi connectivity index (χ2v) is 6.32. The van der Waals surface area contributed by atoms with Crippen LogP contribution in [-0.4, -0.2) is 42.0 Å². The average molecular weight is 339 g/mol. The van der Waals surface area contributed by atoms with Crippen LogP contribution in [0, 0.1) is 0 Å². The molecule has 0 unspecified atom stereocenters. The van der Waals surface area contributed by atoms with Crippen LogP contribution in [0.2, 0.25) is 0 Å². The number of ether oxygens (including phenoxy) is 1. The van der Waals surface area contributed by atoms with Gasteiger partial charge in [-0.3, -0.25) is 9.78 Å². The maximum absolute atomic E-state index is 13.3. The number of pyridine rings is 1. The number of methoxy groups -OCH3 is 1. The summed E-state index contributed by atoms with van der Waals surface area (Å²) in [6.07, 6.45) is 4.82. The molecule has 1 N–H and O–H groups in total. The molecule has 0 saturated carbocycles. The van der Waals surface area contributed by atoms with Crippen LogP contribution in [0.5, 0.6) is 5.75 Å². The average Bonchev–Trinajstić information content (AvgIpc) is 2.96. The molecule has 1 aliphatic rings. The molecule has 2 heterocycles. The Morgan fingerprint density at radius 1 is 1.24 bits per heavy atom. The fraction of sp³-hybridized carbons (Fsp3) is 0.400. The number of rotatable bonds is 5. The van der Waals surface area contributed by atoms with Crippen molar-refractivity contribution in [2.24, 2.45) is 0 Å². The Morgan fingerprint density at radius 3 is 2.96 bits per heavy atom. The summed E-state index contributed by atoms with van der Waals surface area (Å²) in [5.74, 6) is 0.739. The lowest BCUT2D eigenvalue weighted by atomic mass is 10.0. The number of hydrogen-bond donors (Lipinski definition) is 1. The number of nitrogens with zero attached hydrogens (tertiary/aromatic N) is 2. The van der Waals surface area contributed by atoms with E-state index in [9.17, 15) is 4.79 Å². The van der Waals surface area contributed by atoms with Crippen molar-refractivity contribution in [3.8, 4) is 5.75 Å². The Bertz CT molecular complexity index is 682. The number of benzene rings is 1. The number of carbonyl (C=O) groups is 1. The van der Waals surface area contributed by atoms with Crippen molar-refractivity contribution in [2.45, 2.75) is 31.8 Å². The molecule has 1 amide bonds. The Kier molecular flexibility index (Phi) is 6.01. The van der Waals surface area contributed by atoms with Crippen LogP contribution in [-0.2, 0) is 6.54 Å². The van der Waals surface area contributed by atoms with Crippen LogP contribution in [0.1, 0.15) is 35.3 Å². The van der Waals surface area contributed by atoms with Crippen molar-refractivity contribution in [1.82, 2.24) is 15.2 Å². The van der Waals surface area contributed by atoms with E-state index in [1.54, 1.807) is 13.3 Å². The van der Waals surface area contributed by atoms with Gasteiger partial charge < -0.3 is 15.0 Å². The van der Waals surface area contributed by atoms with Crippen LogP contribution in [0.25, 0.3) is 0 Å². The van der Waals surface area contributed by atoms with E-state index in [4.69, 9.17) is 4.74 Å². The topological polar surface area (TPSA) is 54.5 Å². The largest absolute Gasteiger partial charge is 0.497 e. The minimum Gasteiger partial charge on any atom is -0.497 e. The highest BCUT2D eigenvalue weighted by molar-refractivity contribution is 5.94. The second-order valence-electron chi connectivity index (χ2n) is 6.32. The molecule has 1 aliphatic heterocycles. The molecular weight excluding hydrogens is 314 g/mol. The molecule has 132 valence electrons. The quantitative estimate of drug-likeness (QED) is 0.910. The summed E-state index contributed by atoms with van der Waals surface area (Å²) in [5.41, 5.74) is 1.57. The minimum absolute atomic E-state index is 0.0384. The van der Waals surface area contributed by atoms with Gasteiger partial charge in [-0.05, 0) is 62.7 Å². The highest BCUT2D eigenvalue weighted by Crippen LogP contribution is 2.21. The molecule has 0 bridgehead atoms. The van der Waals surface area contributed by atoms with Crippen molar-refractivity contribution in [3.05, 3.63) is 59.9 Å². The van der Waals surface area contributed by atoms with Crippen LogP contribution in [0.15, 0.2) is 48.7 Å². The van der Waals surface area contributed by atoms with Gasteiger partial charge in [0.15, 0.2) is 0 Å². The summed E-state index contributed by atoms with van der Waals surface area (Å²) in [6, 6.07) is 13.4. The Labute approximate surface area is 149 Å². The van der Waals surface area contributed by atoms with Crippen LogP contribution < -0.4 is 10.1 Å². The van der Waals surface area contributed by atoms with Crippen LogP contribution in [0.3, 0.4) is 0 Å². The van der Waals surface area contributed by atoms with E-state index >= 15 is 0 Å². The Balaban J connectivity index is 1.87. The van der Waals surface area contributed by atoms with E-state index in [-0.39, 0.29) is 11.9 Å². The molecule has 0 aliphatic carbocycles. The Hall–Kier alpha value is -2.40. The van der Waals surface area contributed by atoms with Gasteiger partial charge in [-0.2, -0.15) is 0 Å². The van der Waals surface area contributed by atoms with E-state index in [1.165, 1.54) is 0 Å². The maximum atomic E-state index is 13.3. The molecule has 3 rings (SSSR count). The van der Waals surface area contributed by atoms with E-state index in [1.807, 2.05) is 47.4 Å². The molecule has 5 heteroatoms. The van der Waals surface area contributed by atoms with Gasteiger partial charge in [0, 0.05) is 17.8 Å². The Morgan fingerprint density at radius 2 is 2.16 bits per heavy atom. The highest BCUT2D eigenvalue weighted by Gasteiger charge is 2.26. The molecule has 1 fully saturated rings. The molecule has 1 atom stereocenters. The molecule has 0 spiro atoms. The van der Waals surface area contributed by atoms with Crippen molar-refractivity contribution in [1.29, 1.82) is 0 Å². The van der Waals surface area contributed by atoms with Crippen molar-refractivity contribution in [3.63, 3.8) is 0 Å². The van der Waals surface area contributed by atoms with Gasteiger partial charge in [0.1, 0.15) is 5.75 Å². The predicted molar refractivity (Wildman–Crippen MR) is 97.6 cm³/mol. The molecule has 1 aromatic heterocycles. The number of nitrogens with one attached hydrogen (secondary N) is 1. The first kappa shape index (κ1) is 17.4. The normalized spacial score (nSPS) is 17.6. The first-order chi connectivity index (χ1) is 12.3. The third kappa shape index (κ3) is 4.57. The predicted octanol–water partition coefficient (Wildman–Crippen LogP) is 2.87. The lowest BCUT2D eigenvalue weighted by molar-refractivity contribution is 0.0642. The van der Waals surface area contributed by atoms with Gasteiger partial charge in [0.2, 0.25) is 0 Å². The monoisotopic (exact) mass is 339 g/mol.